The summed E-state index contributed by atoms with van der Waals surface area (Å²) in [6.07, 6.45) is 3.17. The zero-order chi connectivity index (χ0) is 12.0. The highest BCUT2D eigenvalue weighted by Gasteiger charge is 2.13. The van der Waals surface area contributed by atoms with Crippen LogP contribution in [0.15, 0.2) is 30.7 Å². The van der Waals surface area contributed by atoms with Crippen molar-refractivity contribution in [3.05, 3.63) is 41.4 Å². The van der Waals surface area contributed by atoms with Crippen LogP contribution in [0.25, 0.3) is 16.6 Å². The van der Waals surface area contributed by atoms with Crippen molar-refractivity contribution in [2.45, 2.75) is 0 Å². The third kappa shape index (κ3) is 1.36. The SMILES string of the molecule is O=C(O)c1cccc2c1nc(Cl)c1cncn12. The Morgan fingerprint density at radius 2 is 2.18 bits per heavy atom. The molecule has 0 aliphatic rings. The van der Waals surface area contributed by atoms with Crippen molar-refractivity contribution in [2.24, 2.45) is 0 Å². The predicted octanol–water partition coefficient (Wildman–Crippen LogP) is 2.23. The lowest BCUT2D eigenvalue weighted by Crippen LogP contribution is -2.01. The number of aromatic nitrogens is 3. The number of para-hydroxylation sites is 1. The summed E-state index contributed by atoms with van der Waals surface area (Å²) in [6.45, 7) is 0. The molecule has 0 unspecified atom stereocenters. The molecule has 0 radical (unpaired) electrons. The summed E-state index contributed by atoms with van der Waals surface area (Å²) >= 11 is 5.99. The van der Waals surface area contributed by atoms with Crippen molar-refractivity contribution in [1.29, 1.82) is 0 Å². The standard InChI is InChI=1S/C11H6ClN3O2/c12-10-8-4-13-5-15(8)7-3-1-2-6(11(16)17)9(7)14-10/h1-5H,(H,16,17). The van der Waals surface area contributed by atoms with Crippen LogP contribution >= 0.6 is 11.6 Å². The first-order valence-corrected chi connectivity index (χ1v) is 5.20. The molecule has 1 N–H and O–H groups in total. The van der Waals surface area contributed by atoms with Crippen LogP contribution in [-0.2, 0) is 0 Å². The number of hydrogen-bond donors (Lipinski definition) is 1. The van der Waals surface area contributed by atoms with Crippen LogP contribution in [-0.4, -0.2) is 25.4 Å². The lowest BCUT2D eigenvalue weighted by atomic mass is 10.2. The average molecular weight is 248 g/mol. The number of carboxylic acid groups (broad SMARTS) is 1. The molecule has 0 bridgehead atoms. The van der Waals surface area contributed by atoms with E-state index in [2.05, 4.69) is 9.97 Å². The Kier molecular flexibility index (Phi) is 2.02. The van der Waals surface area contributed by atoms with Crippen LogP contribution in [0, 0.1) is 0 Å². The second-order valence-electron chi connectivity index (χ2n) is 3.53. The van der Waals surface area contributed by atoms with Gasteiger partial charge < -0.3 is 5.11 Å². The van der Waals surface area contributed by atoms with E-state index in [0.717, 1.165) is 0 Å². The van der Waals surface area contributed by atoms with Crippen molar-refractivity contribution in [3.63, 3.8) is 0 Å². The third-order valence-corrected chi connectivity index (χ3v) is 2.84. The molecule has 0 atom stereocenters. The largest absolute Gasteiger partial charge is 0.478 e. The molecule has 1 aromatic carbocycles. The maximum absolute atomic E-state index is 11.1. The van der Waals surface area contributed by atoms with Crippen molar-refractivity contribution in [3.8, 4) is 0 Å². The van der Waals surface area contributed by atoms with Gasteiger partial charge in [0.1, 0.15) is 11.0 Å². The van der Waals surface area contributed by atoms with Crippen LogP contribution in [0.5, 0.6) is 0 Å². The van der Waals surface area contributed by atoms with Gasteiger partial charge in [0, 0.05) is 0 Å². The van der Waals surface area contributed by atoms with Crippen LogP contribution in [0.1, 0.15) is 10.4 Å². The van der Waals surface area contributed by atoms with E-state index < -0.39 is 5.97 Å². The first-order valence-electron chi connectivity index (χ1n) is 4.82. The summed E-state index contributed by atoms with van der Waals surface area (Å²) in [5.41, 5.74) is 1.80. The molecule has 0 saturated heterocycles. The van der Waals surface area contributed by atoms with E-state index in [4.69, 9.17) is 16.7 Å². The number of hydrogen-bond acceptors (Lipinski definition) is 3. The Morgan fingerprint density at radius 3 is 2.94 bits per heavy atom. The normalized spacial score (nSPS) is 11.1. The van der Waals surface area contributed by atoms with E-state index in [1.54, 1.807) is 29.1 Å². The summed E-state index contributed by atoms with van der Waals surface area (Å²) in [5, 5.41) is 9.33. The van der Waals surface area contributed by atoms with Crippen molar-refractivity contribution >= 4 is 34.1 Å². The molecule has 6 heteroatoms. The van der Waals surface area contributed by atoms with E-state index in [9.17, 15) is 4.79 Å². The minimum absolute atomic E-state index is 0.125. The van der Waals surface area contributed by atoms with Crippen LogP contribution in [0.3, 0.4) is 0 Å². The molecule has 84 valence electrons. The van der Waals surface area contributed by atoms with Gasteiger partial charge in [-0.3, -0.25) is 4.40 Å². The monoisotopic (exact) mass is 247 g/mol. The van der Waals surface area contributed by atoms with Gasteiger partial charge in [-0.15, -0.1) is 0 Å². The summed E-state index contributed by atoms with van der Waals surface area (Å²) < 4.78 is 1.72. The van der Waals surface area contributed by atoms with Crippen molar-refractivity contribution in [1.82, 2.24) is 14.4 Å². The lowest BCUT2D eigenvalue weighted by Gasteiger charge is -2.05. The third-order valence-electron chi connectivity index (χ3n) is 2.56. The summed E-state index contributed by atoms with van der Waals surface area (Å²) in [7, 11) is 0. The van der Waals surface area contributed by atoms with E-state index in [1.165, 1.54) is 6.07 Å². The number of carboxylic acids is 1. The second-order valence-corrected chi connectivity index (χ2v) is 3.89. The number of halogens is 1. The van der Waals surface area contributed by atoms with Gasteiger partial charge in [0.15, 0.2) is 5.15 Å². The highest BCUT2D eigenvalue weighted by atomic mass is 35.5. The molecule has 0 aliphatic heterocycles. The number of rotatable bonds is 1. The Labute approximate surface area is 100 Å². The molecule has 2 aromatic heterocycles. The first-order chi connectivity index (χ1) is 8.18. The second kappa shape index (κ2) is 3.43. The Morgan fingerprint density at radius 1 is 1.35 bits per heavy atom. The van der Waals surface area contributed by atoms with E-state index in [-0.39, 0.29) is 10.7 Å². The maximum atomic E-state index is 11.1. The maximum Gasteiger partial charge on any atom is 0.337 e. The molecule has 3 rings (SSSR count). The Hall–Kier alpha value is -2.14. The molecule has 0 fully saturated rings. The fraction of sp³-hybridized carbons (Fsp3) is 0. The first kappa shape index (κ1) is 10.0. The smallest absolute Gasteiger partial charge is 0.337 e. The summed E-state index contributed by atoms with van der Waals surface area (Å²) in [5.74, 6) is -1.03. The molecular weight excluding hydrogens is 242 g/mol. The van der Waals surface area contributed by atoms with Gasteiger partial charge in [0.05, 0.1) is 23.6 Å². The quantitative estimate of drug-likeness (QED) is 0.716. The average Bonchev–Trinajstić information content (AvgIpc) is 2.78. The van der Waals surface area contributed by atoms with Crippen molar-refractivity contribution in [2.75, 3.05) is 0 Å². The minimum Gasteiger partial charge on any atom is -0.478 e. The fourth-order valence-electron chi connectivity index (χ4n) is 1.81. The molecule has 0 aliphatic carbocycles. The van der Waals surface area contributed by atoms with Crippen LogP contribution < -0.4 is 0 Å². The number of aromatic carboxylic acids is 1. The molecule has 17 heavy (non-hydrogen) atoms. The summed E-state index contributed by atoms with van der Waals surface area (Å²) in [4.78, 5) is 19.2. The van der Waals surface area contributed by atoms with E-state index >= 15 is 0 Å². The van der Waals surface area contributed by atoms with Gasteiger partial charge in [-0.1, -0.05) is 17.7 Å². The number of nitrogens with zero attached hydrogens (tertiary/aromatic N) is 3. The molecule has 3 aromatic rings. The van der Waals surface area contributed by atoms with Gasteiger partial charge >= 0.3 is 5.97 Å². The van der Waals surface area contributed by atoms with E-state index in [1.807, 2.05) is 0 Å². The van der Waals surface area contributed by atoms with Crippen LogP contribution in [0.4, 0.5) is 0 Å². The van der Waals surface area contributed by atoms with Gasteiger partial charge in [-0.2, -0.15) is 0 Å². The van der Waals surface area contributed by atoms with Crippen molar-refractivity contribution < 1.29 is 9.90 Å². The van der Waals surface area contributed by atoms with Gasteiger partial charge in [-0.25, -0.2) is 14.8 Å². The number of benzene rings is 1. The number of fused-ring (bicyclic) bond motifs is 3. The topological polar surface area (TPSA) is 67.5 Å². The predicted molar refractivity (Wildman–Crippen MR) is 62.5 cm³/mol. The molecule has 5 nitrogen and oxygen atoms in total. The molecule has 2 heterocycles. The molecule has 0 amide bonds. The number of carbonyl (C=O) groups is 1. The summed E-state index contributed by atoms with van der Waals surface area (Å²) in [6, 6.07) is 4.94. The van der Waals surface area contributed by atoms with Gasteiger partial charge in [0.25, 0.3) is 0 Å². The van der Waals surface area contributed by atoms with Gasteiger partial charge in [-0.05, 0) is 12.1 Å². The zero-order valence-corrected chi connectivity index (χ0v) is 9.22. The van der Waals surface area contributed by atoms with Gasteiger partial charge in [0.2, 0.25) is 0 Å². The molecule has 0 saturated carbocycles. The zero-order valence-electron chi connectivity index (χ0n) is 8.46. The molecule has 0 spiro atoms. The minimum atomic E-state index is -1.03. The Bertz CT molecular complexity index is 751. The Balaban J connectivity index is 2.58. The molecular formula is C11H6ClN3O2. The fourth-order valence-corrected chi connectivity index (χ4v) is 2.04. The highest BCUT2D eigenvalue weighted by molar-refractivity contribution is 6.33. The lowest BCUT2D eigenvalue weighted by molar-refractivity contribution is 0.0699. The highest BCUT2D eigenvalue weighted by Crippen LogP contribution is 2.23. The van der Waals surface area contributed by atoms with E-state index in [0.29, 0.717) is 16.6 Å². The van der Waals surface area contributed by atoms with Crippen LogP contribution in [0.2, 0.25) is 5.15 Å². The number of imidazole rings is 1.